The van der Waals surface area contributed by atoms with Gasteiger partial charge >= 0.3 is 5.97 Å². The molecule has 0 spiro atoms. The summed E-state index contributed by atoms with van der Waals surface area (Å²) in [6.45, 7) is 1.27. The molecule has 0 atom stereocenters. The van der Waals surface area contributed by atoms with Gasteiger partial charge in [-0.15, -0.1) is 0 Å². The van der Waals surface area contributed by atoms with Crippen LogP contribution in [0.15, 0.2) is 24.3 Å². The second-order valence-electron chi connectivity index (χ2n) is 5.52. The quantitative estimate of drug-likeness (QED) is 0.907. The fourth-order valence-corrected chi connectivity index (χ4v) is 2.72. The summed E-state index contributed by atoms with van der Waals surface area (Å²) in [7, 11) is 0. The van der Waals surface area contributed by atoms with E-state index >= 15 is 0 Å². The molecule has 1 aliphatic heterocycles. The molecular weight excluding hydrogens is 273 g/mol. The third-order valence-electron chi connectivity index (χ3n) is 4.03. The van der Waals surface area contributed by atoms with Gasteiger partial charge < -0.3 is 10.0 Å². The van der Waals surface area contributed by atoms with Crippen molar-refractivity contribution in [1.82, 2.24) is 4.90 Å². The summed E-state index contributed by atoms with van der Waals surface area (Å²) in [6.07, 6.45) is 2.61. The second kappa shape index (κ2) is 7.20. The summed E-state index contributed by atoms with van der Waals surface area (Å²) >= 11 is 0. The smallest absolute Gasteiger partial charge is 0.303 e. The number of carboxylic acids is 1. The van der Waals surface area contributed by atoms with Crippen molar-refractivity contribution in [3.63, 3.8) is 0 Å². The zero-order chi connectivity index (χ0) is 15.2. The van der Waals surface area contributed by atoms with E-state index in [2.05, 4.69) is 0 Å². The topological polar surface area (TPSA) is 57.6 Å². The van der Waals surface area contributed by atoms with Crippen LogP contribution in [0, 0.1) is 11.7 Å². The van der Waals surface area contributed by atoms with Crippen molar-refractivity contribution < 1.29 is 19.1 Å². The zero-order valence-electron chi connectivity index (χ0n) is 11.9. The maximum atomic E-state index is 13.5. The first-order chi connectivity index (χ1) is 10.1. The summed E-state index contributed by atoms with van der Waals surface area (Å²) in [4.78, 5) is 24.5. The van der Waals surface area contributed by atoms with Crippen molar-refractivity contribution in [2.75, 3.05) is 13.1 Å². The molecule has 1 saturated heterocycles. The fourth-order valence-electron chi connectivity index (χ4n) is 2.72. The maximum absolute atomic E-state index is 13.5. The van der Waals surface area contributed by atoms with E-state index in [4.69, 9.17) is 5.11 Å². The van der Waals surface area contributed by atoms with Crippen LogP contribution in [0.3, 0.4) is 0 Å². The van der Waals surface area contributed by atoms with Gasteiger partial charge in [-0.05, 0) is 36.8 Å². The Hall–Kier alpha value is -1.91. The number of carboxylic acid groups (broad SMARTS) is 1. The fraction of sp³-hybridized carbons (Fsp3) is 0.500. The van der Waals surface area contributed by atoms with Gasteiger partial charge in [0.2, 0.25) is 5.91 Å². The van der Waals surface area contributed by atoms with Crippen molar-refractivity contribution in [2.24, 2.45) is 5.92 Å². The van der Waals surface area contributed by atoms with Crippen molar-refractivity contribution in [2.45, 2.75) is 32.1 Å². The zero-order valence-corrected chi connectivity index (χ0v) is 11.9. The molecule has 1 fully saturated rings. The standard InChI is InChI=1S/C16H20FNO3/c17-14-4-2-1-3-13(14)11-15(19)18-9-7-12(8-10-18)5-6-16(20)21/h1-4,12H,5-11H2,(H,20,21). The van der Waals surface area contributed by atoms with Crippen molar-refractivity contribution >= 4 is 11.9 Å². The van der Waals surface area contributed by atoms with E-state index in [0.717, 1.165) is 12.8 Å². The van der Waals surface area contributed by atoms with Crippen LogP contribution in [0.4, 0.5) is 4.39 Å². The van der Waals surface area contributed by atoms with Gasteiger partial charge in [-0.25, -0.2) is 4.39 Å². The first-order valence-corrected chi connectivity index (χ1v) is 7.29. The molecule has 0 aliphatic carbocycles. The van der Waals surface area contributed by atoms with Gasteiger partial charge in [0, 0.05) is 19.5 Å². The molecule has 5 heteroatoms. The third kappa shape index (κ3) is 4.55. The highest BCUT2D eigenvalue weighted by atomic mass is 19.1. The first-order valence-electron chi connectivity index (χ1n) is 7.29. The monoisotopic (exact) mass is 293 g/mol. The van der Waals surface area contributed by atoms with Crippen LogP contribution in [0.5, 0.6) is 0 Å². The van der Waals surface area contributed by atoms with Gasteiger partial charge in [-0.2, -0.15) is 0 Å². The number of carbonyl (C=O) groups is 2. The number of nitrogens with zero attached hydrogens (tertiary/aromatic N) is 1. The van der Waals surface area contributed by atoms with E-state index in [1.165, 1.54) is 6.07 Å². The van der Waals surface area contributed by atoms with E-state index in [0.29, 0.717) is 31.0 Å². The van der Waals surface area contributed by atoms with Gasteiger partial charge in [0.15, 0.2) is 0 Å². The SMILES string of the molecule is O=C(O)CCC1CCN(C(=O)Cc2ccccc2F)CC1. The highest BCUT2D eigenvalue weighted by molar-refractivity contribution is 5.78. The van der Waals surface area contributed by atoms with Gasteiger partial charge in [0.25, 0.3) is 0 Å². The average molecular weight is 293 g/mol. The lowest BCUT2D eigenvalue weighted by Crippen LogP contribution is -2.39. The Bertz CT molecular complexity index is 510. The number of hydrogen-bond acceptors (Lipinski definition) is 2. The van der Waals surface area contributed by atoms with Gasteiger partial charge in [-0.3, -0.25) is 9.59 Å². The molecule has 1 aromatic carbocycles. The van der Waals surface area contributed by atoms with E-state index in [1.807, 2.05) is 0 Å². The minimum Gasteiger partial charge on any atom is -0.481 e. The van der Waals surface area contributed by atoms with E-state index < -0.39 is 5.97 Å². The number of halogens is 1. The largest absolute Gasteiger partial charge is 0.481 e. The lowest BCUT2D eigenvalue weighted by molar-refractivity contribution is -0.138. The number of hydrogen-bond donors (Lipinski definition) is 1. The summed E-state index contributed by atoms with van der Waals surface area (Å²) < 4.78 is 13.5. The van der Waals surface area contributed by atoms with Crippen LogP contribution in [0.2, 0.25) is 0 Å². The summed E-state index contributed by atoms with van der Waals surface area (Å²) in [5, 5.41) is 8.67. The Labute approximate surface area is 123 Å². The van der Waals surface area contributed by atoms with E-state index in [-0.39, 0.29) is 24.6 Å². The van der Waals surface area contributed by atoms with Gasteiger partial charge in [0.05, 0.1) is 6.42 Å². The maximum Gasteiger partial charge on any atom is 0.303 e. The van der Waals surface area contributed by atoms with E-state index in [9.17, 15) is 14.0 Å². The Morgan fingerprint density at radius 1 is 1.24 bits per heavy atom. The number of piperidine rings is 1. The Kier molecular flexibility index (Phi) is 5.31. The minimum atomic E-state index is -0.770. The molecule has 4 nitrogen and oxygen atoms in total. The molecule has 1 amide bonds. The highest BCUT2D eigenvalue weighted by Gasteiger charge is 2.23. The Balaban J connectivity index is 1.81. The molecule has 0 aromatic heterocycles. The molecule has 1 aromatic rings. The lowest BCUT2D eigenvalue weighted by Gasteiger charge is -2.32. The molecule has 0 bridgehead atoms. The number of benzene rings is 1. The van der Waals surface area contributed by atoms with Gasteiger partial charge in [-0.1, -0.05) is 18.2 Å². The third-order valence-corrected chi connectivity index (χ3v) is 4.03. The van der Waals surface area contributed by atoms with Crippen LogP contribution in [0.1, 0.15) is 31.2 Å². The normalized spacial score (nSPS) is 16.0. The molecular formula is C16H20FNO3. The molecule has 21 heavy (non-hydrogen) atoms. The number of aliphatic carboxylic acids is 1. The molecule has 1 N–H and O–H groups in total. The molecule has 0 saturated carbocycles. The molecule has 1 heterocycles. The minimum absolute atomic E-state index is 0.0585. The van der Waals surface area contributed by atoms with Crippen LogP contribution in [-0.2, 0) is 16.0 Å². The molecule has 0 unspecified atom stereocenters. The molecule has 1 aliphatic rings. The Morgan fingerprint density at radius 2 is 1.90 bits per heavy atom. The molecule has 114 valence electrons. The average Bonchev–Trinajstić information content (AvgIpc) is 2.48. The second-order valence-corrected chi connectivity index (χ2v) is 5.52. The number of rotatable bonds is 5. The first kappa shape index (κ1) is 15.5. The van der Waals surface area contributed by atoms with Crippen LogP contribution in [-0.4, -0.2) is 35.0 Å². The predicted octanol–water partition coefficient (Wildman–Crippen LogP) is 2.47. The van der Waals surface area contributed by atoms with Crippen LogP contribution in [0.25, 0.3) is 0 Å². The van der Waals surface area contributed by atoms with E-state index in [1.54, 1.807) is 23.1 Å². The van der Waals surface area contributed by atoms with Crippen molar-refractivity contribution in [1.29, 1.82) is 0 Å². The number of likely N-dealkylation sites (tertiary alicyclic amines) is 1. The van der Waals surface area contributed by atoms with Crippen molar-refractivity contribution in [3.8, 4) is 0 Å². The number of carbonyl (C=O) groups excluding carboxylic acids is 1. The highest BCUT2D eigenvalue weighted by Crippen LogP contribution is 2.22. The lowest BCUT2D eigenvalue weighted by atomic mass is 9.92. The van der Waals surface area contributed by atoms with Crippen molar-refractivity contribution in [3.05, 3.63) is 35.6 Å². The number of amides is 1. The summed E-state index contributed by atoms with van der Waals surface area (Å²) in [5.74, 6) is -0.800. The summed E-state index contributed by atoms with van der Waals surface area (Å²) in [6, 6.07) is 6.33. The van der Waals surface area contributed by atoms with Crippen LogP contribution < -0.4 is 0 Å². The predicted molar refractivity (Wildman–Crippen MR) is 76.3 cm³/mol. The summed E-state index contributed by atoms with van der Waals surface area (Å²) in [5.41, 5.74) is 0.426. The molecule has 0 radical (unpaired) electrons. The van der Waals surface area contributed by atoms with Gasteiger partial charge in [0.1, 0.15) is 5.82 Å². The Morgan fingerprint density at radius 3 is 2.52 bits per heavy atom. The molecule has 2 rings (SSSR count). The van der Waals surface area contributed by atoms with Crippen LogP contribution >= 0.6 is 0 Å².